The van der Waals surface area contributed by atoms with Crippen LogP contribution in [-0.2, 0) is 16.6 Å². The average molecular weight is 444 g/mol. The molecule has 1 N–H and O–H groups in total. The normalized spacial score (nSPS) is 11.5. The topological polar surface area (TPSA) is 97.0 Å². The number of ether oxygens (including phenoxy) is 1. The van der Waals surface area contributed by atoms with Crippen LogP contribution in [0, 0.1) is 12.8 Å². The van der Waals surface area contributed by atoms with Crippen LogP contribution in [0.25, 0.3) is 0 Å². The van der Waals surface area contributed by atoms with E-state index in [1.807, 2.05) is 26.8 Å². The van der Waals surface area contributed by atoms with E-state index < -0.39 is 16.0 Å². The van der Waals surface area contributed by atoms with Gasteiger partial charge in [-0.2, -0.15) is 8.42 Å². The van der Waals surface area contributed by atoms with E-state index in [4.69, 9.17) is 14.3 Å². The second-order valence-electron chi connectivity index (χ2n) is 7.62. The monoisotopic (exact) mass is 443 g/mol. The summed E-state index contributed by atoms with van der Waals surface area (Å²) in [7, 11) is -3.92. The zero-order chi connectivity index (χ0) is 22.6. The molecule has 0 amide bonds. The van der Waals surface area contributed by atoms with E-state index in [2.05, 4.69) is 0 Å². The number of furan rings is 1. The first-order valence-electron chi connectivity index (χ1n) is 9.80. The first-order chi connectivity index (χ1) is 14.7. The van der Waals surface area contributed by atoms with Crippen LogP contribution in [-0.4, -0.2) is 26.0 Å². The highest BCUT2D eigenvalue weighted by atomic mass is 32.2. The van der Waals surface area contributed by atoms with Gasteiger partial charge in [0.05, 0.1) is 17.5 Å². The molecule has 0 aliphatic rings. The molecule has 2 aromatic carbocycles. The number of aromatic carboxylic acids is 1. The Balaban J connectivity index is 1.95. The summed E-state index contributed by atoms with van der Waals surface area (Å²) in [4.78, 5) is 11.0. The maximum Gasteiger partial charge on any atom is 0.335 e. The molecule has 0 radical (unpaired) electrons. The summed E-state index contributed by atoms with van der Waals surface area (Å²) in [5, 5.41) is 8.90. The van der Waals surface area contributed by atoms with Gasteiger partial charge in [-0.3, -0.25) is 4.31 Å². The van der Waals surface area contributed by atoms with E-state index >= 15 is 0 Å². The number of benzene rings is 2. The molecule has 3 rings (SSSR count). The molecule has 8 heteroatoms. The van der Waals surface area contributed by atoms with Crippen molar-refractivity contribution in [2.24, 2.45) is 5.92 Å². The summed E-state index contributed by atoms with van der Waals surface area (Å²) in [6.45, 7) is 6.17. The molecule has 0 atom stereocenters. The molecule has 3 aromatic rings. The van der Waals surface area contributed by atoms with Crippen molar-refractivity contribution >= 4 is 21.7 Å². The van der Waals surface area contributed by atoms with Gasteiger partial charge in [0.15, 0.2) is 0 Å². The molecule has 1 heterocycles. The number of carboxylic acid groups (broad SMARTS) is 1. The Morgan fingerprint density at radius 1 is 1.13 bits per heavy atom. The van der Waals surface area contributed by atoms with Crippen LogP contribution in [0.1, 0.15) is 35.3 Å². The molecule has 0 bridgehead atoms. The van der Waals surface area contributed by atoms with Crippen molar-refractivity contribution in [2.75, 3.05) is 10.8 Å². The molecule has 31 heavy (non-hydrogen) atoms. The van der Waals surface area contributed by atoms with Gasteiger partial charge in [0.2, 0.25) is 5.09 Å². The molecule has 164 valence electrons. The van der Waals surface area contributed by atoms with Crippen LogP contribution in [0.5, 0.6) is 5.75 Å². The van der Waals surface area contributed by atoms with Gasteiger partial charge in [-0.05, 0) is 60.4 Å². The van der Waals surface area contributed by atoms with Crippen molar-refractivity contribution in [3.63, 3.8) is 0 Å². The van der Waals surface area contributed by atoms with Crippen molar-refractivity contribution in [1.29, 1.82) is 0 Å². The minimum Gasteiger partial charge on any atom is -0.487 e. The summed E-state index contributed by atoms with van der Waals surface area (Å²) in [5.74, 6) is -0.526. The fourth-order valence-corrected chi connectivity index (χ4v) is 4.57. The Morgan fingerprint density at radius 2 is 1.84 bits per heavy atom. The zero-order valence-electron chi connectivity index (χ0n) is 17.6. The van der Waals surface area contributed by atoms with E-state index in [9.17, 15) is 13.2 Å². The lowest BCUT2D eigenvalue weighted by Gasteiger charge is -2.27. The Morgan fingerprint density at radius 3 is 2.42 bits per heavy atom. The van der Waals surface area contributed by atoms with E-state index in [-0.39, 0.29) is 29.7 Å². The third-order valence-electron chi connectivity index (χ3n) is 4.55. The SMILES string of the molecule is Cc1ccc(N(CC(C)C)S(=O)(=O)c2ccco2)c(OCc2ccc(C(=O)O)cc2)c1. The smallest absolute Gasteiger partial charge is 0.335 e. The highest BCUT2D eigenvalue weighted by Crippen LogP contribution is 2.35. The molecule has 0 aliphatic carbocycles. The molecule has 0 saturated heterocycles. The Labute approximate surface area is 181 Å². The quantitative estimate of drug-likeness (QED) is 0.514. The van der Waals surface area contributed by atoms with Crippen molar-refractivity contribution in [3.05, 3.63) is 77.6 Å². The first kappa shape index (κ1) is 22.4. The highest BCUT2D eigenvalue weighted by Gasteiger charge is 2.30. The second kappa shape index (κ2) is 9.26. The van der Waals surface area contributed by atoms with Crippen LogP contribution < -0.4 is 9.04 Å². The zero-order valence-corrected chi connectivity index (χ0v) is 18.4. The minimum atomic E-state index is -3.92. The fourth-order valence-electron chi connectivity index (χ4n) is 3.02. The Hall–Kier alpha value is -3.26. The number of carbonyl (C=O) groups is 1. The van der Waals surface area contributed by atoms with Gasteiger partial charge in [0.25, 0.3) is 10.0 Å². The number of carboxylic acids is 1. The van der Waals surface area contributed by atoms with Gasteiger partial charge in [-0.25, -0.2) is 4.79 Å². The summed E-state index contributed by atoms with van der Waals surface area (Å²) in [6, 6.07) is 14.6. The molecule has 0 saturated carbocycles. The highest BCUT2D eigenvalue weighted by molar-refractivity contribution is 7.92. The first-order valence-corrected chi connectivity index (χ1v) is 11.2. The molecular weight excluding hydrogens is 418 g/mol. The van der Waals surface area contributed by atoms with Gasteiger partial charge >= 0.3 is 5.97 Å². The van der Waals surface area contributed by atoms with Crippen LogP contribution in [0.15, 0.2) is 70.4 Å². The van der Waals surface area contributed by atoms with Gasteiger partial charge < -0.3 is 14.3 Å². The number of nitrogens with zero attached hydrogens (tertiary/aromatic N) is 1. The predicted octanol–water partition coefficient (Wildman–Crippen LogP) is 4.72. The molecule has 0 unspecified atom stereocenters. The number of hydrogen-bond acceptors (Lipinski definition) is 5. The van der Waals surface area contributed by atoms with E-state index in [0.29, 0.717) is 11.4 Å². The fraction of sp³-hybridized carbons (Fsp3) is 0.261. The van der Waals surface area contributed by atoms with Crippen molar-refractivity contribution < 1.29 is 27.5 Å². The van der Waals surface area contributed by atoms with E-state index in [1.54, 1.807) is 24.3 Å². The Bertz CT molecular complexity index is 1140. The molecule has 0 spiro atoms. The predicted molar refractivity (Wildman–Crippen MR) is 117 cm³/mol. The second-order valence-corrected chi connectivity index (χ2v) is 9.42. The lowest BCUT2D eigenvalue weighted by Crippen LogP contribution is -2.34. The lowest BCUT2D eigenvalue weighted by atomic mass is 10.1. The number of anilines is 1. The molecule has 1 aromatic heterocycles. The number of aryl methyl sites for hydroxylation is 1. The molecular formula is C23H25NO6S. The maximum absolute atomic E-state index is 13.3. The van der Waals surface area contributed by atoms with Gasteiger partial charge in [0, 0.05) is 6.54 Å². The van der Waals surface area contributed by atoms with Crippen molar-refractivity contribution in [2.45, 2.75) is 32.5 Å². The Kier molecular flexibility index (Phi) is 6.70. The largest absolute Gasteiger partial charge is 0.487 e. The van der Waals surface area contributed by atoms with Gasteiger partial charge in [-0.15, -0.1) is 0 Å². The van der Waals surface area contributed by atoms with Crippen LogP contribution in [0.3, 0.4) is 0 Å². The summed E-state index contributed by atoms with van der Waals surface area (Å²) in [6.07, 6.45) is 1.33. The summed E-state index contributed by atoms with van der Waals surface area (Å²) < 4.78 is 39.0. The standard InChI is InChI=1S/C23H25NO6S/c1-16(2)14-24(31(27,28)22-5-4-12-29-22)20-11-6-17(3)13-21(20)30-15-18-7-9-19(10-8-18)23(25)26/h4-13,16H,14-15H2,1-3H3,(H,25,26). The molecule has 0 fully saturated rings. The molecule has 0 aliphatic heterocycles. The number of hydrogen-bond donors (Lipinski definition) is 1. The van der Waals surface area contributed by atoms with Crippen LogP contribution in [0.4, 0.5) is 5.69 Å². The van der Waals surface area contributed by atoms with Crippen molar-refractivity contribution in [1.82, 2.24) is 0 Å². The minimum absolute atomic E-state index is 0.0578. The maximum atomic E-state index is 13.3. The van der Waals surface area contributed by atoms with Gasteiger partial charge in [-0.1, -0.05) is 32.0 Å². The van der Waals surface area contributed by atoms with Gasteiger partial charge in [0.1, 0.15) is 12.4 Å². The lowest BCUT2D eigenvalue weighted by molar-refractivity contribution is 0.0697. The van der Waals surface area contributed by atoms with E-state index in [1.165, 1.54) is 34.8 Å². The van der Waals surface area contributed by atoms with Crippen LogP contribution >= 0.6 is 0 Å². The third kappa shape index (κ3) is 5.27. The number of rotatable bonds is 9. The average Bonchev–Trinajstić information content (AvgIpc) is 3.27. The molecule has 7 nitrogen and oxygen atoms in total. The summed E-state index contributed by atoms with van der Waals surface area (Å²) >= 11 is 0. The number of sulfonamides is 1. The summed E-state index contributed by atoms with van der Waals surface area (Å²) in [5.41, 5.74) is 2.28. The van der Waals surface area contributed by atoms with Crippen LogP contribution in [0.2, 0.25) is 0 Å². The van der Waals surface area contributed by atoms with Crippen molar-refractivity contribution in [3.8, 4) is 5.75 Å². The van der Waals surface area contributed by atoms with E-state index in [0.717, 1.165) is 11.1 Å². The third-order valence-corrected chi connectivity index (χ3v) is 6.22.